The number of aryl methyl sites for hydroxylation is 1. The van der Waals surface area contributed by atoms with Crippen LogP contribution in [0.5, 0.6) is 0 Å². The van der Waals surface area contributed by atoms with Crippen molar-refractivity contribution in [3.63, 3.8) is 0 Å². The van der Waals surface area contributed by atoms with Gasteiger partial charge in [-0.1, -0.05) is 80.5 Å². The summed E-state index contributed by atoms with van der Waals surface area (Å²) in [6.45, 7) is 24.7. The molecule has 5 nitrogen and oxygen atoms in total. The molecule has 0 radical (unpaired) electrons. The largest absolute Gasteiger partial charge is 0.343 e. The molecule has 6 heteroatoms. The van der Waals surface area contributed by atoms with Crippen molar-refractivity contribution in [2.75, 3.05) is 12.4 Å². The minimum absolute atomic E-state index is 0.0816. The lowest BCUT2D eigenvalue weighted by atomic mass is 10.1. The van der Waals surface area contributed by atoms with E-state index in [0.29, 0.717) is 12.2 Å². The van der Waals surface area contributed by atoms with Crippen LogP contribution in [0.25, 0.3) is 0 Å². The van der Waals surface area contributed by atoms with E-state index < -0.39 is 0 Å². The SMILES string of the molecule is C=C(/C=C\C(=C/C)CC(=C)N(C)C(=C)SC(=C)CCCCc1ccc(NC(=O)C/C(C)=C/C)nn1)CC. The number of anilines is 1. The first-order valence-corrected chi connectivity index (χ1v) is 13.6. The van der Waals surface area contributed by atoms with E-state index in [0.717, 1.165) is 71.0 Å². The number of hydrogen-bond donors (Lipinski definition) is 1. The molecule has 37 heavy (non-hydrogen) atoms. The lowest BCUT2D eigenvalue weighted by Gasteiger charge is -2.24. The van der Waals surface area contributed by atoms with Crippen molar-refractivity contribution in [1.29, 1.82) is 0 Å². The molecule has 0 aromatic carbocycles. The number of allylic oxidation sites excluding steroid dienone is 7. The molecule has 0 spiro atoms. The van der Waals surface area contributed by atoms with Crippen molar-refractivity contribution in [3.8, 4) is 0 Å². The number of unbranched alkanes of at least 4 members (excludes halogenated alkanes) is 1. The maximum atomic E-state index is 12.0. The third-order valence-electron chi connectivity index (χ3n) is 5.93. The van der Waals surface area contributed by atoms with E-state index in [1.807, 2.05) is 50.9 Å². The Morgan fingerprint density at radius 1 is 1.05 bits per heavy atom. The molecule has 0 aliphatic rings. The molecule has 1 N–H and O–H groups in total. The van der Waals surface area contributed by atoms with Crippen molar-refractivity contribution < 1.29 is 4.79 Å². The zero-order chi connectivity index (χ0) is 27.8. The van der Waals surface area contributed by atoms with E-state index in [1.165, 1.54) is 5.57 Å². The number of carbonyl (C=O) groups is 1. The highest BCUT2D eigenvalue weighted by Gasteiger charge is 2.10. The van der Waals surface area contributed by atoms with Crippen molar-refractivity contribution in [1.82, 2.24) is 15.1 Å². The second-order valence-corrected chi connectivity index (χ2v) is 10.3. The summed E-state index contributed by atoms with van der Waals surface area (Å²) in [6, 6.07) is 3.73. The molecule has 0 atom stereocenters. The second-order valence-electron chi connectivity index (χ2n) is 9.02. The Labute approximate surface area is 228 Å². The molecule has 0 aliphatic heterocycles. The van der Waals surface area contributed by atoms with Crippen molar-refractivity contribution in [3.05, 3.63) is 101 Å². The fourth-order valence-electron chi connectivity index (χ4n) is 3.15. The Kier molecular flexibility index (Phi) is 15.0. The van der Waals surface area contributed by atoms with Crippen LogP contribution in [-0.2, 0) is 11.2 Å². The summed E-state index contributed by atoms with van der Waals surface area (Å²) < 4.78 is 0. The molecule has 0 unspecified atom stereocenters. The summed E-state index contributed by atoms with van der Waals surface area (Å²) in [7, 11) is 2.00. The molecule has 1 aromatic heterocycles. The third kappa shape index (κ3) is 13.1. The normalized spacial score (nSPS) is 11.9. The van der Waals surface area contributed by atoms with Crippen LogP contribution in [0, 0.1) is 0 Å². The number of hydrogen-bond acceptors (Lipinski definition) is 5. The third-order valence-corrected chi connectivity index (χ3v) is 6.94. The van der Waals surface area contributed by atoms with E-state index in [1.54, 1.807) is 11.8 Å². The van der Waals surface area contributed by atoms with Gasteiger partial charge >= 0.3 is 0 Å². The smallest absolute Gasteiger partial charge is 0.229 e. The van der Waals surface area contributed by atoms with Crippen LogP contribution >= 0.6 is 11.8 Å². The van der Waals surface area contributed by atoms with Crippen molar-refractivity contribution in [2.24, 2.45) is 0 Å². The highest BCUT2D eigenvalue weighted by Crippen LogP contribution is 2.31. The summed E-state index contributed by atoms with van der Waals surface area (Å²) in [5.41, 5.74) is 5.23. The molecular weight excluding hydrogens is 476 g/mol. The van der Waals surface area contributed by atoms with Crippen LogP contribution in [0.3, 0.4) is 0 Å². The Bertz CT molecular complexity index is 1050. The number of aromatic nitrogens is 2. The van der Waals surface area contributed by atoms with Crippen molar-refractivity contribution >= 4 is 23.5 Å². The molecule has 1 aromatic rings. The van der Waals surface area contributed by atoms with E-state index in [4.69, 9.17) is 0 Å². The average Bonchev–Trinajstić information content (AvgIpc) is 2.88. The number of rotatable bonds is 17. The van der Waals surface area contributed by atoms with Crippen LogP contribution in [0.4, 0.5) is 5.82 Å². The molecule has 0 fully saturated rings. The fraction of sp³-hybridized carbons (Fsp3) is 0.387. The lowest BCUT2D eigenvalue weighted by Crippen LogP contribution is -2.14. The van der Waals surface area contributed by atoms with Gasteiger partial charge in [0, 0.05) is 25.6 Å². The van der Waals surface area contributed by atoms with Gasteiger partial charge in [0.1, 0.15) is 0 Å². The highest BCUT2D eigenvalue weighted by molar-refractivity contribution is 8.06. The summed E-state index contributed by atoms with van der Waals surface area (Å²) >= 11 is 1.60. The lowest BCUT2D eigenvalue weighted by molar-refractivity contribution is -0.115. The predicted octanol–water partition coefficient (Wildman–Crippen LogP) is 8.51. The summed E-state index contributed by atoms with van der Waals surface area (Å²) in [5.74, 6) is 0.400. The minimum atomic E-state index is -0.0816. The van der Waals surface area contributed by atoms with Crippen LogP contribution in [0.15, 0.2) is 95.1 Å². The Balaban J connectivity index is 2.40. The molecule has 0 saturated carbocycles. The maximum Gasteiger partial charge on any atom is 0.229 e. The molecule has 1 amide bonds. The molecule has 200 valence electrons. The number of thioether (sulfide) groups is 1. The van der Waals surface area contributed by atoms with Gasteiger partial charge in [0.05, 0.1) is 10.7 Å². The van der Waals surface area contributed by atoms with E-state index in [-0.39, 0.29) is 5.91 Å². The van der Waals surface area contributed by atoms with Gasteiger partial charge in [-0.25, -0.2) is 0 Å². The van der Waals surface area contributed by atoms with Gasteiger partial charge in [0.15, 0.2) is 5.82 Å². The fourth-order valence-corrected chi connectivity index (χ4v) is 3.99. The van der Waals surface area contributed by atoms with Crippen molar-refractivity contribution in [2.45, 2.75) is 72.6 Å². The minimum Gasteiger partial charge on any atom is -0.343 e. The second kappa shape index (κ2) is 17.4. The highest BCUT2D eigenvalue weighted by atomic mass is 32.2. The molecule has 0 saturated heterocycles. The first kappa shape index (κ1) is 31.9. The quantitative estimate of drug-likeness (QED) is 0.127. The molecule has 1 rings (SSSR count). The van der Waals surface area contributed by atoms with Gasteiger partial charge in [-0.3, -0.25) is 4.79 Å². The van der Waals surface area contributed by atoms with Gasteiger partial charge < -0.3 is 10.2 Å². The van der Waals surface area contributed by atoms with Crippen LogP contribution in [0.1, 0.15) is 71.9 Å². The van der Waals surface area contributed by atoms with E-state index in [9.17, 15) is 4.79 Å². The first-order valence-electron chi connectivity index (χ1n) is 12.8. The number of nitrogens with one attached hydrogen (secondary N) is 1. The first-order chi connectivity index (χ1) is 17.6. The zero-order valence-electron chi connectivity index (χ0n) is 23.4. The van der Waals surface area contributed by atoms with E-state index >= 15 is 0 Å². The maximum absolute atomic E-state index is 12.0. The van der Waals surface area contributed by atoms with Gasteiger partial charge in [-0.05, 0) is 75.5 Å². The molecular formula is C31H44N4OS. The zero-order valence-corrected chi connectivity index (χ0v) is 24.2. The molecule has 0 bridgehead atoms. The standard InChI is InChI=1S/C31H44N4OS/c1-10-23(4)17-18-28(12-3)22-25(6)35(9)27(8)37-26(7)15-13-14-16-29-19-20-30(34-33-29)32-31(36)21-24(5)11-2/h11-12,17-20H,4,6-8,10,13-16,21-22H2,1-3,5,9H3,(H,32,34,36)/b18-17-,24-11+,28-12+. The summed E-state index contributed by atoms with van der Waals surface area (Å²) in [5, 5.41) is 12.1. The number of amides is 1. The monoisotopic (exact) mass is 520 g/mol. The summed E-state index contributed by atoms with van der Waals surface area (Å²) in [4.78, 5) is 15.1. The van der Waals surface area contributed by atoms with Gasteiger partial charge in [-0.2, -0.15) is 5.10 Å². The van der Waals surface area contributed by atoms with Crippen LogP contribution < -0.4 is 5.32 Å². The molecule has 0 aliphatic carbocycles. The van der Waals surface area contributed by atoms with Gasteiger partial charge in [0.2, 0.25) is 5.91 Å². The number of carbonyl (C=O) groups excluding carboxylic acids is 1. The summed E-state index contributed by atoms with van der Waals surface area (Å²) in [6.07, 6.45) is 14.0. The molecule has 1 heterocycles. The van der Waals surface area contributed by atoms with Crippen LogP contribution in [-0.4, -0.2) is 28.1 Å². The Morgan fingerprint density at radius 2 is 1.78 bits per heavy atom. The van der Waals surface area contributed by atoms with Gasteiger partial charge in [0.25, 0.3) is 0 Å². The van der Waals surface area contributed by atoms with Crippen LogP contribution in [0.2, 0.25) is 0 Å². The average molecular weight is 521 g/mol. The van der Waals surface area contributed by atoms with E-state index in [2.05, 4.69) is 67.0 Å². The topological polar surface area (TPSA) is 58.1 Å². The Morgan fingerprint density at radius 3 is 2.38 bits per heavy atom. The Hall–Kier alpha value is -3.12. The predicted molar refractivity (Wildman–Crippen MR) is 162 cm³/mol. The number of nitrogens with zero attached hydrogens (tertiary/aromatic N) is 3. The van der Waals surface area contributed by atoms with Gasteiger partial charge in [-0.15, -0.1) is 5.10 Å².